The standard InChI is InChI=1S/C13H23N3/c1-6-16-8-7-15-11(16)9(14)10-12(2,3)13(10,4)5/h7-10H,6,14H2,1-5H3. The molecule has 0 aliphatic heterocycles. The van der Waals surface area contributed by atoms with Crippen molar-refractivity contribution >= 4 is 0 Å². The predicted molar refractivity (Wildman–Crippen MR) is 65.9 cm³/mol. The molecule has 1 aromatic heterocycles. The Hall–Kier alpha value is -0.830. The summed E-state index contributed by atoms with van der Waals surface area (Å²) in [4.78, 5) is 4.42. The lowest BCUT2D eigenvalue weighted by Gasteiger charge is -2.14. The van der Waals surface area contributed by atoms with Gasteiger partial charge in [0.1, 0.15) is 5.82 Å². The molecule has 1 atom stereocenters. The molecule has 1 saturated carbocycles. The van der Waals surface area contributed by atoms with Crippen LogP contribution in [0.2, 0.25) is 0 Å². The van der Waals surface area contributed by atoms with Crippen LogP contribution >= 0.6 is 0 Å². The third-order valence-electron chi connectivity index (χ3n) is 4.88. The van der Waals surface area contributed by atoms with Crippen molar-refractivity contribution in [2.75, 3.05) is 0 Å². The number of aromatic nitrogens is 2. The van der Waals surface area contributed by atoms with Crippen LogP contribution in [0.15, 0.2) is 12.4 Å². The molecule has 1 heterocycles. The molecule has 0 spiro atoms. The smallest absolute Gasteiger partial charge is 0.125 e. The van der Waals surface area contributed by atoms with Gasteiger partial charge in [0.2, 0.25) is 0 Å². The summed E-state index contributed by atoms with van der Waals surface area (Å²) in [6.45, 7) is 12.3. The van der Waals surface area contributed by atoms with Crippen LogP contribution in [0.5, 0.6) is 0 Å². The number of rotatable bonds is 3. The first-order chi connectivity index (χ1) is 7.34. The Morgan fingerprint density at radius 2 is 1.94 bits per heavy atom. The fourth-order valence-corrected chi connectivity index (χ4v) is 3.18. The van der Waals surface area contributed by atoms with E-state index >= 15 is 0 Å². The summed E-state index contributed by atoms with van der Waals surface area (Å²) in [7, 11) is 0. The van der Waals surface area contributed by atoms with Crippen molar-refractivity contribution in [1.29, 1.82) is 0 Å². The summed E-state index contributed by atoms with van der Waals surface area (Å²) in [5, 5.41) is 0. The Labute approximate surface area is 98.1 Å². The number of hydrogen-bond acceptors (Lipinski definition) is 2. The van der Waals surface area contributed by atoms with Crippen molar-refractivity contribution in [3.63, 3.8) is 0 Å². The van der Waals surface area contributed by atoms with E-state index in [-0.39, 0.29) is 6.04 Å². The van der Waals surface area contributed by atoms with Crippen LogP contribution in [0.1, 0.15) is 46.5 Å². The molecule has 3 heteroatoms. The maximum absolute atomic E-state index is 6.39. The van der Waals surface area contributed by atoms with Crippen molar-refractivity contribution in [2.24, 2.45) is 22.5 Å². The lowest BCUT2D eigenvalue weighted by molar-refractivity contribution is 0.457. The van der Waals surface area contributed by atoms with Crippen molar-refractivity contribution < 1.29 is 0 Å². The van der Waals surface area contributed by atoms with Crippen LogP contribution in [0.25, 0.3) is 0 Å². The quantitative estimate of drug-likeness (QED) is 0.852. The minimum Gasteiger partial charge on any atom is -0.334 e. The van der Waals surface area contributed by atoms with Crippen LogP contribution in [-0.4, -0.2) is 9.55 Å². The fourth-order valence-electron chi connectivity index (χ4n) is 3.18. The largest absolute Gasteiger partial charge is 0.334 e. The van der Waals surface area contributed by atoms with Gasteiger partial charge in [-0.05, 0) is 23.7 Å². The molecule has 16 heavy (non-hydrogen) atoms. The highest BCUT2D eigenvalue weighted by Crippen LogP contribution is 2.71. The zero-order valence-corrected chi connectivity index (χ0v) is 11.0. The molecule has 0 saturated heterocycles. The van der Waals surface area contributed by atoms with Crippen molar-refractivity contribution in [3.05, 3.63) is 18.2 Å². The van der Waals surface area contributed by atoms with Crippen LogP contribution in [0.3, 0.4) is 0 Å². The highest BCUT2D eigenvalue weighted by Gasteiger charge is 2.67. The summed E-state index contributed by atoms with van der Waals surface area (Å²) in [6.07, 6.45) is 3.86. The molecule has 90 valence electrons. The van der Waals surface area contributed by atoms with Gasteiger partial charge in [-0.3, -0.25) is 0 Å². The molecule has 3 nitrogen and oxygen atoms in total. The van der Waals surface area contributed by atoms with Gasteiger partial charge < -0.3 is 10.3 Å². The van der Waals surface area contributed by atoms with Crippen LogP contribution in [-0.2, 0) is 6.54 Å². The van der Waals surface area contributed by atoms with Gasteiger partial charge in [0.05, 0.1) is 6.04 Å². The monoisotopic (exact) mass is 221 g/mol. The van der Waals surface area contributed by atoms with E-state index in [1.165, 1.54) is 0 Å². The lowest BCUT2D eigenvalue weighted by Crippen LogP contribution is -2.21. The molecule has 1 unspecified atom stereocenters. The maximum atomic E-state index is 6.39. The summed E-state index contributed by atoms with van der Waals surface area (Å²) >= 11 is 0. The van der Waals surface area contributed by atoms with Gasteiger partial charge in [-0.25, -0.2) is 4.98 Å². The van der Waals surface area contributed by atoms with Crippen LogP contribution in [0, 0.1) is 16.7 Å². The third-order valence-corrected chi connectivity index (χ3v) is 4.88. The first kappa shape index (κ1) is 11.6. The molecule has 0 amide bonds. The lowest BCUT2D eigenvalue weighted by atomic mass is 10.0. The van der Waals surface area contributed by atoms with E-state index < -0.39 is 0 Å². The van der Waals surface area contributed by atoms with E-state index in [0.717, 1.165) is 12.4 Å². The van der Waals surface area contributed by atoms with Crippen molar-refractivity contribution in [1.82, 2.24) is 9.55 Å². The van der Waals surface area contributed by atoms with Gasteiger partial charge in [-0.1, -0.05) is 27.7 Å². The van der Waals surface area contributed by atoms with Crippen LogP contribution in [0.4, 0.5) is 0 Å². The second-order valence-electron chi connectivity index (χ2n) is 6.02. The average Bonchev–Trinajstić information content (AvgIpc) is 2.58. The maximum Gasteiger partial charge on any atom is 0.125 e. The fraction of sp³-hybridized carbons (Fsp3) is 0.769. The second-order valence-corrected chi connectivity index (χ2v) is 6.02. The molecule has 2 rings (SSSR count). The first-order valence-corrected chi connectivity index (χ1v) is 6.10. The van der Waals surface area contributed by atoms with Crippen molar-refractivity contribution in [2.45, 2.75) is 47.2 Å². The van der Waals surface area contributed by atoms with E-state index in [1.54, 1.807) is 0 Å². The van der Waals surface area contributed by atoms with E-state index in [0.29, 0.717) is 16.7 Å². The van der Waals surface area contributed by atoms with E-state index in [1.807, 2.05) is 12.4 Å². The Bertz CT molecular complexity index is 376. The SMILES string of the molecule is CCn1ccnc1C(N)C1C(C)(C)C1(C)C. The number of nitrogens with two attached hydrogens (primary N) is 1. The molecule has 0 bridgehead atoms. The summed E-state index contributed by atoms with van der Waals surface area (Å²) in [5.41, 5.74) is 7.02. The highest BCUT2D eigenvalue weighted by molar-refractivity contribution is 5.19. The van der Waals surface area contributed by atoms with E-state index in [2.05, 4.69) is 44.2 Å². The molecular formula is C13H23N3. The molecule has 1 aliphatic rings. The molecular weight excluding hydrogens is 198 g/mol. The number of hydrogen-bond donors (Lipinski definition) is 1. The molecule has 1 aliphatic carbocycles. The van der Waals surface area contributed by atoms with Gasteiger partial charge >= 0.3 is 0 Å². The topological polar surface area (TPSA) is 43.8 Å². The number of imidazole rings is 1. The average molecular weight is 221 g/mol. The summed E-state index contributed by atoms with van der Waals surface area (Å²) in [5.74, 6) is 1.55. The molecule has 2 N–H and O–H groups in total. The molecule has 0 aromatic carbocycles. The molecule has 0 radical (unpaired) electrons. The Balaban J connectivity index is 2.25. The number of nitrogens with zero attached hydrogens (tertiary/aromatic N) is 2. The zero-order chi connectivity index (χ0) is 12.1. The Morgan fingerprint density at radius 1 is 1.38 bits per heavy atom. The highest BCUT2D eigenvalue weighted by atomic mass is 15.1. The summed E-state index contributed by atoms with van der Waals surface area (Å²) in [6, 6.07) is 0.0555. The van der Waals surface area contributed by atoms with Crippen LogP contribution < -0.4 is 5.73 Å². The minimum atomic E-state index is 0.0555. The van der Waals surface area contributed by atoms with Gasteiger partial charge in [-0.15, -0.1) is 0 Å². The summed E-state index contributed by atoms with van der Waals surface area (Å²) < 4.78 is 2.15. The minimum absolute atomic E-state index is 0.0555. The Morgan fingerprint density at radius 3 is 2.38 bits per heavy atom. The van der Waals surface area contributed by atoms with E-state index in [9.17, 15) is 0 Å². The first-order valence-electron chi connectivity index (χ1n) is 6.10. The zero-order valence-electron chi connectivity index (χ0n) is 11.0. The van der Waals surface area contributed by atoms with Gasteiger partial charge in [-0.2, -0.15) is 0 Å². The third kappa shape index (κ3) is 1.34. The number of aryl methyl sites for hydroxylation is 1. The Kier molecular flexibility index (Phi) is 2.42. The molecule has 1 aromatic rings. The van der Waals surface area contributed by atoms with Crippen molar-refractivity contribution in [3.8, 4) is 0 Å². The molecule has 1 fully saturated rings. The van der Waals surface area contributed by atoms with Gasteiger partial charge in [0, 0.05) is 18.9 Å². The predicted octanol–water partition coefficient (Wildman–Crippen LogP) is 2.59. The van der Waals surface area contributed by atoms with Gasteiger partial charge in [0.15, 0.2) is 0 Å². The van der Waals surface area contributed by atoms with E-state index in [4.69, 9.17) is 5.73 Å². The second kappa shape index (κ2) is 3.33. The van der Waals surface area contributed by atoms with Gasteiger partial charge in [0.25, 0.3) is 0 Å². The normalized spacial score (nSPS) is 24.4.